The molecule has 1 atom stereocenters. The third kappa shape index (κ3) is 3.01. The Labute approximate surface area is 174 Å². The van der Waals surface area contributed by atoms with E-state index < -0.39 is 6.04 Å². The highest BCUT2D eigenvalue weighted by molar-refractivity contribution is 6.00. The Morgan fingerprint density at radius 1 is 1.17 bits per heavy atom. The molecule has 3 aromatic rings. The van der Waals surface area contributed by atoms with Crippen molar-refractivity contribution >= 4 is 11.7 Å². The van der Waals surface area contributed by atoms with E-state index in [1.54, 1.807) is 11.8 Å². The molecular weight excluding hydrogens is 380 g/mol. The Morgan fingerprint density at radius 3 is 2.60 bits per heavy atom. The lowest BCUT2D eigenvalue weighted by Gasteiger charge is -2.37. The van der Waals surface area contributed by atoms with Gasteiger partial charge in [-0.05, 0) is 55.2 Å². The van der Waals surface area contributed by atoms with Crippen LogP contribution in [0.5, 0.6) is 5.75 Å². The van der Waals surface area contributed by atoms with Gasteiger partial charge in [0.2, 0.25) is 5.95 Å². The number of anilines is 1. The van der Waals surface area contributed by atoms with Crippen molar-refractivity contribution in [1.29, 1.82) is 0 Å². The van der Waals surface area contributed by atoms with E-state index in [4.69, 9.17) is 19.2 Å². The predicted molar refractivity (Wildman–Crippen MR) is 112 cm³/mol. The Morgan fingerprint density at radius 2 is 1.93 bits per heavy atom. The van der Waals surface area contributed by atoms with Crippen molar-refractivity contribution in [1.82, 2.24) is 14.8 Å². The summed E-state index contributed by atoms with van der Waals surface area (Å²) >= 11 is 0. The maximum Gasteiger partial charge on any atom is 0.227 e. The maximum atomic E-state index is 13.2. The first kappa shape index (κ1) is 18.7. The minimum absolute atomic E-state index is 0.104. The molecule has 0 radical (unpaired) electrons. The van der Waals surface area contributed by atoms with Crippen LogP contribution >= 0.6 is 0 Å². The van der Waals surface area contributed by atoms with Crippen molar-refractivity contribution in [3.8, 4) is 17.1 Å². The minimum Gasteiger partial charge on any atom is -0.497 e. The van der Waals surface area contributed by atoms with Gasteiger partial charge in [-0.2, -0.15) is 4.98 Å². The summed E-state index contributed by atoms with van der Waals surface area (Å²) in [6.45, 7) is 6.13. The fraction of sp³-hybridized carbons (Fsp3) is 0.348. The summed E-state index contributed by atoms with van der Waals surface area (Å²) in [7, 11) is 1.64. The molecule has 3 heterocycles. The van der Waals surface area contributed by atoms with E-state index in [0.29, 0.717) is 24.0 Å². The number of ether oxygens (including phenoxy) is 1. The summed E-state index contributed by atoms with van der Waals surface area (Å²) in [5, 5.41) is 8.15. The van der Waals surface area contributed by atoms with E-state index in [0.717, 1.165) is 34.8 Å². The quantitative estimate of drug-likeness (QED) is 0.691. The number of hydrogen-bond acceptors (Lipinski definition) is 6. The Hall–Kier alpha value is -3.35. The van der Waals surface area contributed by atoms with Crippen LogP contribution in [0.1, 0.15) is 44.3 Å². The number of hydrogen-bond donors (Lipinski definition) is 1. The SMILES string of the molecule is COc1ccc(-c2nc3n(n2)C(c2ccc(C)o2)C2=C(CC(C)(C)CC2=O)N3)cc1. The third-order valence-corrected chi connectivity index (χ3v) is 5.71. The van der Waals surface area contributed by atoms with Crippen molar-refractivity contribution in [2.45, 2.75) is 39.7 Å². The van der Waals surface area contributed by atoms with E-state index in [9.17, 15) is 4.79 Å². The molecule has 0 saturated carbocycles. The van der Waals surface area contributed by atoms with Gasteiger partial charge in [-0.15, -0.1) is 5.10 Å². The van der Waals surface area contributed by atoms with Crippen LogP contribution in [0.3, 0.4) is 0 Å². The fourth-order valence-corrected chi connectivity index (χ4v) is 4.33. The van der Waals surface area contributed by atoms with Gasteiger partial charge in [0.05, 0.1) is 7.11 Å². The van der Waals surface area contributed by atoms with Crippen molar-refractivity contribution in [2.24, 2.45) is 5.41 Å². The number of carbonyl (C=O) groups excluding carboxylic acids is 1. The molecule has 0 bridgehead atoms. The Balaban J connectivity index is 1.64. The first-order chi connectivity index (χ1) is 14.3. The number of rotatable bonds is 3. The van der Waals surface area contributed by atoms with Crippen molar-refractivity contribution in [3.63, 3.8) is 0 Å². The van der Waals surface area contributed by atoms with E-state index >= 15 is 0 Å². The summed E-state index contributed by atoms with van der Waals surface area (Å²) in [4.78, 5) is 17.9. The summed E-state index contributed by atoms with van der Waals surface area (Å²) in [5.74, 6) is 3.59. The number of furan rings is 1. The van der Waals surface area contributed by atoms with Gasteiger partial charge in [-0.3, -0.25) is 4.79 Å². The van der Waals surface area contributed by atoms with Crippen molar-refractivity contribution in [3.05, 3.63) is 59.2 Å². The minimum atomic E-state index is -0.423. The third-order valence-electron chi connectivity index (χ3n) is 5.71. The largest absolute Gasteiger partial charge is 0.497 e. The smallest absolute Gasteiger partial charge is 0.227 e. The zero-order chi connectivity index (χ0) is 21.0. The molecule has 0 amide bonds. The highest BCUT2D eigenvalue weighted by Gasteiger charge is 2.43. The van der Waals surface area contributed by atoms with E-state index in [2.05, 4.69) is 19.2 Å². The molecular formula is C23H24N4O3. The lowest BCUT2D eigenvalue weighted by molar-refractivity contribution is -0.118. The molecule has 2 aromatic heterocycles. The molecule has 0 saturated heterocycles. The highest BCUT2D eigenvalue weighted by Crippen LogP contribution is 2.45. The van der Waals surface area contributed by atoms with Crippen LogP contribution in [-0.4, -0.2) is 27.7 Å². The number of aromatic nitrogens is 3. The van der Waals surface area contributed by atoms with Crippen LogP contribution < -0.4 is 10.1 Å². The number of carbonyl (C=O) groups is 1. The molecule has 5 rings (SSSR count). The van der Waals surface area contributed by atoms with E-state index in [1.807, 2.05) is 43.3 Å². The number of allylic oxidation sites excluding steroid dienone is 2. The summed E-state index contributed by atoms with van der Waals surface area (Å²) in [6.07, 6.45) is 1.27. The van der Waals surface area contributed by atoms with Crippen molar-refractivity contribution < 1.29 is 13.9 Å². The monoisotopic (exact) mass is 404 g/mol. The first-order valence-electron chi connectivity index (χ1n) is 10.1. The predicted octanol–water partition coefficient (Wildman–Crippen LogP) is 4.51. The molecule has 0 fully saturated rings. The zero-order valence-electron chi connectivity index (χ0n) is 17.5. The molecule has 0 spiro atoms. The summed E-state index contributed by atoms with van der Waals surface area (Å²) in [5.41, 5.74) is 2.41. The van der Waals surface area contributed by atoms with Crippen LogP contribution in [0.15, 0.2) is 52.1 Å². The van der Waals surface area contributed by atoms with Gasteiger partial charge in [0.25, 0.3) is 0 Å². The van der Waals surface area contributed by atoms with Gasteiger partial charge in [0.1, 0.15) is 23.3 Å². The molecule has 1 aliphatic carbocycles. The Bertz CT molecular complexity index is 1170. The zero-order valence-corrected chi connectivity index (χ0v) is 17.5. The molecule has 7 nitrogen and oxygen atoms in total. The first-order valence-corrected chi connectivity index (χ1v) is 10.1. The topological polar surface area (TPSA) is 82.2 Å². The fourth-order valence-electron chi connectivity index (χ4n) is 4.33. The van der Waals surface area contributed by atoms with Gasteiger partial charge in [-0.1, -0.05) is 13.8 Å². The molecule has 1 aromatic carbocycles. The van der Waals surface area contributed by atoms with Crippen molar-refractivity contribution in [2.75, 3.05) is 12.4 Å². The standard InChI is InChI=1S/C23H24N4O3/c1-13-5-10-18(30-13)20-19-16(11-23(2,3)12-17(19)28)24-22-25-21(26-27(20)22)14-6-8-15(29-4)9-7-14/h5-10,20H,11-12H2,1-4H3,(H,24,25,26). The average Bonchev–Trinajstić information content (AvgIpc) is 3.31. The Kier molecular flexibility index (Phi) is 4.10. The molecule has 2 aliphatic rings. The number of benzene rings is 1. The second kappa shape index (κ2) is 6.58. The normalized spacial score (nSPS) is 19.9. The number of nitrogens with one attached hydrogen (secondary N) is 1. The number of ketones is 1. The molecule has 30 heavy (non-hydrogen) atoms. The van der Waals surface area contributed by atoms with Gasteiger partial charge < -0.3 is 14.5 Å². The van der Waals surface area contributed by atoms with Crippen LogP contribution in [0.4, 0.5) is 5.95 Å². The number of methoxy groups -OCH3 is 1. The second-order valence-corrected chi connectivity index (χ2v) is 8.74. The molecule has 7 heteroatoms. The number of nitrogens with zero attached hydrogens (tertiary/aromatic N) is 3. The van der Waals surface area contributed by atoms with E-state index in [1.165, 1.54) is 0 Å². The van der Waals surface area contributed by atoms with Crippen LogP contribution in [0, 0.1) is 12.3 Å². The molecule has 154 valence electrons. The lowest BCUT2D eigenvalue weighted by Crippen LogP contribution is -2.36. The highest BCUT2D eigenvalue weighted by atomic mass is 16.5. The van der Waals surface area contributed by atoms with E-state index in [-0.39, 0.29) is 11.2 Å². The van der Waals surface area contributed by atoms with Gasteiger partial charge >= 0.3 is 0 Å². The number of aryl methyl sites for hydroxylation is 1. The number of Topliss-reactive ketones (excluding diaryl/α,β-unsaturated/α-hetero) is 1. The summed E-state index contributed by atoms with van der Waals surface area (Å²) < 4.78 is 13.0. The second-order valence-electron chi connectivity index (χ2n) is 8.74. The van der Waals surface area contributed by atoms with Gasteiger partial charge in [-0.25, -0.2) is 4.68 Å². The number of fused-ring (bicyclic) bond motifs is 1. The van der Waals surface area contributed by atoms with Crippen LogP contribution in [0.2, 0.25) is 0 Å². The molecule has 1 aliphatic heterocycles. The average molecular weight is 404 g/mol. The maximum absolute atomic E-state index is 13.2. The molecule has 1 unspecified atom stereocenters. The lowest BCUT2D eigenvalue weighted by atomic mass is 9.73. The van der Waals surface area contributed by atoms with Crippen LogP contribution in [-0.2, 0) is 4.79 Å². The molecule has 1 N–H and O–H groups in total. The summed E-state index contributed by atoms with van der Waals surface area (Å²) in [6, 6.07) is 11.0. The van der Waals surface area contributed by atoms with Gasteiger partial charge in [0, 0.05) is 23.3 Å². The van der Waals surface area contributed by atoms with Crippen LogP contribution in [0.25, 0.3) is 11.4 Å². The van der Waals surface area contributed by atoms with Gasteiger partial charge in [0.15, 0.2) is 11.6 Å².